The van der Waals surface area contributed by atoms with E-state index in [9.17, 15) is 19.6 Å². The van der Waals surface area contributed by atoms with Crippen molar-refractivity contribution in [3.8, 4) is 6.07 Å². The highest BCUT2D eigenvalue weighted by molar-refractivity contribution is 7.99. The van der Waals surface area contributed by atoms with E-state index in [4.69, 9.17) is 4.74 Å². The second-order valence-corrected chi connectivity index (χ2v) is 8.33. The van der Waals surface area contributed by atoms with E-state index in [2.05, 4.69) is 11.4 Å². The Morgan fingerprint density at radius 1 is 1.03 bits per heavy atom. The summed E-state index contributed by atoms with van der Waals surface area (Å²) in [6.07, 6.45) is -1.11. The predicted octanol–water partition coefficient (Wildman–Crippen LogP) is 4.24. The van der Waals surface area contributed by atoms with E-state index in [0.29, 0.717) is 26.7 Å². The third-order valence-corrected chi connectivity index (χ3v) is 6.15. The monoisotopic (exact) mass is 457 g/mol. The molecule has 0 spiro atoms. The molecule has 8 heteroatoms. The van der Waals surface area contributed by atoms with Crippen molar-refractivity contribution in [2.45, 2.75) is 22.8 Å². The first-order valence-electron chi connectivity index (χ1n) is 10.1. The molecule has 4 rings (SSSR count). The lowest BCUT2D eigenvalue weighted by Crippen LogP contribution is -2.47. The Bertz CT molecular complexity index is 1280. The summed E-state index contributed by atoms with van der Waals surface area (Å²) in [5, 5.41) is 12.1. The van der Waals surface area contributed by atoms with Crippen molar-refractivity contribution in [1.29, 1.82) is 5.26 Å². The number of rotatable bonds is 5. The lowest BCUT2D eigenvalue weighted by atomic mass is 10.1. The van der Waals surface area contributed by atoms with Gasteiger partial charge < -0.3 is 10.1 Å². The zero-order valence-electron chi connectivity index (χ0n) is 17.6. The number of nitrogens with zero attached hydrogens (tertiary/aromatic N) is 2. The van der Waals surface area contributed by atoms with E-state index in [1.807, 2.05) is 6.07 Å². The van der Waals surface area contributed by atoms with Gasteiger partial charge in [-0.15, -0.1) is 0 Å². The van der Waals surface area contributed by atoms with Crippen molar-refractivity contribution in [2.24, 2.45) is 0 Å². The molecule has 1 atom stereocenters. The summed E-state index contributed by atoms with van der Waals surface area (Å²) < 4.78 is 5.50. The van der Waals surface area contributed by atoms with Crippen LogP contribution < -0.4 is 10.2 Å². The van der Waals surface area contributed by atoms with Gasteiger partial charge in [-0.25, -0.2) is 4.79 Å². The molecule has 3 aromatic carbocycles. The Labute approximate surface area is 195 Å². The first-order chi connectivity index (χ1) is 16.0. The summed E-state index contributed by atoms with van der Waals surface area (Å²) in [5.41, 5.74) is 1.86. The summed E-state index contributed by atoms with van der Waals surface area (Å²) in [6, 6.07) is 23.0. The van der Waals surface area contributed by atoms with Gasteiger partial charge in [0.2, 0.25) is 5.91 Å². The van der Waals surface area contributed by atoms with Gasteiger partial charge in [-0.3, -0.25) is 14.5 Å². The second kappa shape index (κ2) is 9.59. The molecule has 7 nitrogen and oxygen atoms in total. The van der Waals surface area contributed by atoms with Crippen molar-refractivity contribution in [3.05, 3.63) is 83.9 Å². The molecule has 0 radical (unpaired) electrons. The van der Waals surface area contributed by atoms with E-state index < -0.39 is 18.0 Å². The second-order valence-electron chi connectivity index (χ2n) is 7.24. The van der Waals surface area contributed by atoms with E-state index >= 15 is 0 Å². The number of esters is 1. The Hall–Kier alpha value is -4.09. The van der Waals surface area contributed by atoms with Crippen LogP contribution in [0.2, 0.25) is 0 Å². The molecule has 0 aromatic heterocycles. The van der Waals surface area contributed by atoms with Gasteiger partial charge in [0.1, 0.15) is 12.6 Å². The topological polar surface area (TPSA) is 99.5 Å². The summed E-state index contributed by atoms with van der Waals surface area (Å²) in [7, 11) is 0. The quantitative estimate of drug-likeness (QED) is 0.576. The molecule has 1 aliphatic heterocycles. The molecule has 1 unspecified atom stereocenters. The number of fused-ring (bicyclic) bond motifs is 1. The number of ether oxygens (including phenoxy) is 1. The number of carbonyl (C=O) groups excluding carboxylic acids is 3. The van der Waals surface area contributed by atoms with Gasteiger partial charge in [-0.05, 0) is 43.3 Å². The first-order valence-corrected chi connectivity index (χ1v) is 11.0. The van der Waals surface area contributed by atoms with E-state index in [1.165, 1.54) is 23.6 Å². The molecule has 1 aliphatic rings. The molecule has 0 saturated heterocycles. The zero-order valence-corrected chi connectivity index (χ0v) is 18.5. The van der Waals surface area contributed by atoms with Crippen molar-refractivity contribution >= 4 is 40.9 Å². The lowest BCUT2D eigenvalue weighted by Gasteiger charge is -2.30. The smallest absolute Gasteiger partial charge is 0.340 e. The third-order valence-electron chi connectivity index (χ3n) is 5.00. The number of benzene rings is 3. The first kappa shape index (κ1) is 22.1. The Balaban J connectivity index is 1.53. The number of hydrogen-bond donors (Lipinski definition) is 1. The average molecular weight is 458 g/mol. The molecule has 0 aliphatic carbocycles. The van der Waals surface area contributed by atoms with Crippen LogP contribution in [0.3, 0.4) is 0 Å². The van der Waals surface area contributed by atoms with Crippen LogP contribution in [0.4, 0.5) is 11.4 Å². The Morgan fingerprint density at radius 3 is 2.48 bits per heavy atom. The van der Waals surface area contributed by atoms with Crippen LogP contribution in [-0.2, 0) is 14.3 Å². The maximum absolute atomic E-state index is 13.1. The fraction of sp³-hybridized carbons (Fsp3) is 0.120. The van der Waals surface area contributed by atoms with Crippen LogP contribution in [0.1, 0.15) is 22.8 Å². The molecule has 1 N–H and O–H groups in total. The molecular weight excluding hydrogens is 438 g/mol. The van der Waals surface area contributed by atoms with Gasteiger partial charge in [0.05, 0.1) is 22.5 Å². The van der Waals surface area contributed by atoms with Gasteiger partial charge in [0, 0.05) is 9.79 Å². The molecule has 0 bridgehead atoms. The van der Waals surface area contributed by atoms with Crippen LogP contribution in [-0.4, -0.2) is 30.4 Å². The van der Waals surface area contributed by atoms with E-state index in [-0.39, 0.29) is 18.0 Å². The fourth-order valence-electron chi connectivity index (χ4n) is 3.41. The maximum Gasteiger partial charge on any atom is 0.340 e. The van der Waals surface area contributed by atoms with Gasteiger partial charge in [-0.2, -0.15) is 5.26 Å². The number of carbonyl (C=O) groups is 3. The normalized spacial score (nSPS) is 13.3. The summed E-state index contributed by atoms with van der Waals surface area (Å²) in [6.45, 7) is 1.32. The maximum atomic E-state index is 13.1. The minimum Gasteiger partial charge on any atom is -0.449 e. The number of para-hydroxylation sites is 2. The minimum atomic E-state index is -1.11. The molecule has 0 saturated carbocycles. The number of amides is 2. The summed E-state index contributed by atoms with van der Waals surface area (Å²) >= 11 is 1.28. The van der Waals surface area contributed by atoms with E-state index in [0.717, 1.165) is 0 Å². The number of anilines is 2. The van der Waals surface area contributed by atoms with E-state index in [1.54, 1.807) is 66.7 Å². The SMILES string of the molecule is CC(OC(=O)c1ccccc1Sc1ccccc1C#N)C(=O)N1CC(=O)Nc2ccccc21. The molecule has 3 aromatic rings. The van der Waals surface area contributed by atoms with Crippen molar-refractivity contribution in [1.82, 2.24) is 0 Å². The van der Waals surface area contributed by atoms with Gasteiger partial charge in [0.15, 0.2) is 6.10 Å². The van der Waals surface area contributed by atoms with Crippen LogP contribution >= 0.6 is 11.8 Å². The predicted molar refractivity (Wildman–Crippen MR) is 124 cm³/mol. The van der Waals surface area contributed by atoms with Crippen LogP contribution in [0, 0.1) is 11.3 Å². The molecule has 1 heterocycles. The van der Waals surface area contributed by atoms with Crippen LogP contribution in [0.25, 0.3) is 0 Å². The largest absolute Gasteiger partial charge is 0.449 e. The summed E-state index contributed by atoms with van der Waals surface area (Å²) in [4.78, 5) is 40.7. The van der Waals surface area contributed by atoms with Crippen molar-refractivity contribution in [2.75, 3.05) is 16.8 Å². The van der Waals surface area contributed by atoms with Crippen LogP contribution in [0.15, 0.2) is 82.6 Å². The zero-order chi connectivity index (χ0) is 23.4. The Kier molecular flexibility index (Phi) is 6.43. The highest BCUT2D eigenvalue weighted by atomic mass is 32.2. The lowest BCUT2D eigenvalue weighted by molar-refractivity contribution is -0.128. The molecular formula is C25H19N3O4S. The standard InChI is InChI=1S/C25H19N3O4S/c1-16(24(30)28-15-23(29)27-19-10-4-5-11-20(19)28)32-25(31)18-9-3-7-13-22(18)33-21-12-6-2-8-17(21)14-26/h2-13,16H,15H2,1H3,(H,27,29). The minimum absolute atomic E-state index is 0.158. The van der Waals surface area contributed by atoms with Crippen molar-refractivity contribution < 1.29 is 19.1 Å². The van der Waals surface area contributed by atoms with Gasteiger partial charge >= 0.3 is 5.97 Å². The van der Waals surface area contributed by atoms with Crippen LogP contribution in [0.5, 0.6) is 0 Å². The summed E-state index contributed by atoms with van der Waals surface area (Å²) in [5.74, 6) is -1.48. The number of hydrogen-bond acceptors (Lipinski definition) is 6. The van der Waals surface area contributed by atoms with Gasteiger partial charge in [0.25, 0.3) is 5.91 Å². The third kappa shape index (κ3) is 4.73. The highest BCUT2D eigenvalue weighted by Crippen LogP contribution is 2.33. The number of nitriles is 1. The molecule has 0 fully saturated rings. The average Bonchev–Trinajstić information content (AvgIpc) is 2.83. The van der Waals surface area contributed by atoms with Gasteiger partial charge in [-0.1, -0.05) is 48.2 Å². The highest BCUT2D eigenvalue weighted by Gasteiger charge is 2.31. The number of nitrogens with one attached hydrogen (secondary N) is 1. The molecule has 164 valence electrons. The molecule has 33 heavy (non-hydrogen) atoms. The molecule has 2 amide bonds. The Morgan fingerprint density at radius 2 is 1.70 bits per heavy atom. The van der Waals surface area contributed by atoms with Crippen molar-refractivity contribution in [3.63, 3.8) is 0 Å². The fourth-order valence-corrected chi connectivity index (χ4v) is 4.43.